The van der Waals surface area contributed by atoms with Gasteiger partial charge in [-0.3, -0.25) is 9.59 Å². The lowest BCUT2D eigenvalue weighted by Gasteiger charge is -2.33. The van der Waals surface area contributed by atoms with Gasteiger partial charge >= 0.3 is 11.9 Å². The summed E-state index contributed by atoms with van der Waals surface area (Å²) < 4.78 is 0. The molecule has 0 fully saturated rings. The molecular weight excluding hydrogens is 250 g/mol. The predicted molar refractivity (Wildman–Crippen MR) is 69.7 cm³/mol. The van der Waals surface area contributed by atoms with Crippen molar-refractivity contribution in [3.63, 3.8) is 0 Å². The minimum atomic E-state index is -1.09. The van der Waals surface area contributed by atoms with Crippen LogP contribution in [0.1, 0.15) is 40.5 Å². The van der Waals surface area contributed by atoms with Crippen LogP contribution in [0.3, 0.4) is 0 Å². The summed E-state index contributed by atoms with van der Waals surface area (Å²) >= 11 is 0. The fourth-order valence-electron chi connectivity index (χ4n) is 1.84. The topological polar surface area (TPSA) is 94.9 Å². The average molecular weight is 273 g/mol. The average Bonchev–Trinajstić information content (AvgIpc) is 2.31. The van der Waals surface area contributed by atoms with Crippen molar-refractivity contribution in [3.8, 4) is 0 Å². The molecule has 0 aliphatic rings. The molecule has 0 aliphatic carbocycles. The normalized spacial score (nSPS) is 13.9. The summed E-state index contributed by atoms with van der Waals surface area (Å²) in [6, 6.07) is -0.973. The van der Waals surface area contributed by atoms with Gasteiger partial charge in [-0.15, -0.1) is 0 Å². The Hall–Kier alpha value is -1.59. The van der Waals surface area contributed by atoms with E-state index in [-0.39, 0.29) is 30.7 Å². The zero-order valence-corrected chi connectivity index (χ0v) is 11.9. The molecule has 0 aromatic rings. The lowest BCUT2D eigenvalue weighted by Crippen LogP contribution is -2.50. The van der Waals surface area contributed by atoms with E-state index in [4.69, 9.17) is 5.11 Å². The quantitative estimate of drug-likeness (QED) is 0.698. The van der Waals surface area contributed by atoms with Gasteiger partial charge in [0.1, 0.15) is 6.04 Å². The lowest BCUT2D eigenvalue weighted by atomic mass is 9.96. The van der Waals surface area contributed by atoms with Gasteiger partial charge in [0.2, 0.25) is 5.91 Å². The summed E-state index contributed by atoms with van der Waals surface area (Å²) in [5.41, 5.74) is 0. The third kappa shape index (κ3) is 5.28. The Balaban J connectivity index is 5.20. The highest BCUT2D eigenvalue weighted by Crippen LogP contribution is 2.18. The fourth-order valence-corrected chi connectivity index (χ4v) is 1.84. The Bertz CT molecular complexity index is 340. The highest BCUT2D eigenvalue weighted by molar-refractivity contribution is 5.85. The molecule has 0 aromatic heterocycles. The van der Waals surface area contributed by atoms with Gasteiger partial charge in [0, 0.05) is 12.5 Å². The molecule has 6 nitrogen and oxygen atoms in total. The van der Waals surface area contributed by atoms with Crippen LogP contribution in [0.2, 0.25) is 0 Å². The molecule has 2 N–H and O–H groups in total. The molecule has 19 heavy (non-hydrogen) atoms. The van der Waals surface area contributed by atoms with Crippen LogP contribution in [0.15, 0.2) is 0 Å². The molecule has 0 aromatic carbocycles. The molecule has 6 heteroatoms. The largest absolute Gasteiger partial charge is 0.481 e. The van der Waals surface area contributed by atoms with E-state index < -0.39 is 18.0 Å². The van der Waals surface area contributed by atoms with Crippen molar-refractivity contribution in [2.75, 3.05) is 6.54 Å². The van der Waals surface area contributed by atoms with Gasteiger partial charge in [0.05, 0.1) is 6.42 Å². The number of carbonyl (C=O) groups is 3. The highest BCUT2D eigenvalue weighted by atomic mass is 16.4. The smallest absolute Gasteiger partial charge is 0.326 e. The summed E-state index contributed by atoms with van der Waals surface area (Å²) in [6.07, 6.45) is 0.352. The van der Waals surface area contributed by atoms with Crippen molar-refractivity contribution in [2.45, 2.75) is 46.6 Å². The number of aliphatic carboxylic acids is 2. The molecule has 0 radical (unpaired) electrons. The zero-order chi connectivity index (χ0) is 15.2. The van der Waals surface area contributed by atoms with E-state index in [1.165, 1.54) is 4.90 Å². The second-order valence-electron chi connectivity index (χ2n) is 5.00. The van der Waals surface area contributed by atoms with E-state index in [1.807, 2.05) is 6.92 Å². The summed E-state index contributed by atoms with van der Waals surface area (Å²) in [5, 5.41) is 18.0. The van der Waals surface area contributed by atoms with Crippen molar-refractivity contribution >= 4 is 17.8 Å². The summed E-state index contributed by atoms with van der Waals surface area (Å²) in [5.74, 6) is -3.05. The first-order valence-electron chi connectivity index (χ1n) is 6.47. The molecule has 0 heterocycles. The van der Waals surface area contributed by atoms with Crippen LogP contribution >= 0.6 is 0 Å². The second-order valence-corrected chi connectivity index (χ2v) is 5.00. The molecular formula is C13H23NO5. The van der Waals surface area contributed by atoms with Gasteiger partial charge in [-0.05, 0) is 5.92 Å². The fraction of sp³-hybridized carbons (Fsp3) is 0.769. The summed E-state index contributed by atoms with van der Waals surface area (Å²) in [6.45, 7) is 6.86. The number of carboxylic acid groups (broad SMARTS) is 2. The number of hydrogen-bond acceptors (Lipinski definition) is 3. The van der Waals surface area contributed by atoms with Crippen LogP contribution in [-0.2, 0) is 14.4 Å². The Morgan fingerprint density at radius 3 is 1.95 bits per heavy atom. The zero-order valence-electron chi connectivity index (χ0n) is 11.9. The van der Waals surface area contributed by atoms with Crippen molar-refractivity contribution in [1.82, 2.24) is 4.90 Å². The molecule has 0 bridgehead atoms. The Labute approximate surface area is 113 Å². The van der Waals surface area contributed by atoms with E-state index in [2.05, 4.69) is 0 Å². The maximum Gasteiger partial charge on any atom is 0.326 e. The summed E-state index contributed by atoms with van der Waals surface area (Å²) in [7, 11) is 0. The maximum absolute atomic E-state index is 12.1. The first kappa shape index (κ1) is 17.4. The molecule has 1 amide bonds. The number of rotatable bonds is 8. The molecule has 0 spiro atoms. The minimum absolute atomic E-state index is 0.0757. The van der Waals surface area contributed by atoms with Crippen molar-refractivity contribution in [2.24, 2.45) is 11.8 Å². The third-order valence-electron chi connectivity index (χ3n) is 3.12. The standard InChI is InChI=1S/C13H23NO5/c1-5-9(4)11(13(18)19)14(7-6-10(15)16)12(17)8(2)3/h8-9,11H,5-7H2,1-4H3,(H,15,16)(H,18,19)/t9-,11-/m0/s1. The first-order valence-corrected chi connectivity index (χ1v) is 6.47. The number of carboxylic acids is 2. The minimum Gasteiger partial charge on any atom is -0.481 e. The van der Waals surface area contributed by atoms with Gasteiger partial charge in [0.15, 0.2) is 0 Å². The number of carbonyl (C=O) groups excluding carboxylic acids is 1. The number of amides is 1. The van der Waals surface area contributed by atoms with Crippen molar-refractivity contribution in [1.29, 1.82) is 0 Å². The van der Waals surface area contributed by atoms with Crippen LogP contribution in [0.4, 0.5) is 0 Å². The van der Waals surface area contributed by atoms with Crippen molar-refractivity contribution < 1.29 is 24.6 Å². The van der Waals surface area contributed by atoms with Gasteiger partial charge in [0.25, 0.3) is 0 Å². The second kappa shape index (κ2) is 7.76. The third-order valence-corrected chi connectivity index (χ3v) is 3.12. The molecule has 0 rings (SSSR count). The van der Waals surface area contributed by atoms with Gasteiger partial charge in [-0.25, -0.2) is 4.79 Å². The van der Waals surface area contributed by atoms with E-state index in [0.717, 1.165) is 0 Å². The van der Waals surface area contributed by atoms with E-state index >= 15 is 0 Å². The number of nitrogens with zero attached hydrogens (tertiary/aromatic N) is 1. The van der Waals surface area contributed by atoms with Crippen LogP contribution in [0, 0.1) is 11.8 Å². The maximum atomic E-state index is 12.1. The van der Waals surface area contributed by atoms with Gasteiger partial charge in [-0.1, -0.05) is 34.1 Å². The van der Waals surface area contributed by atoms with E-state index in [0.29, 0.717) is 6.42 Å². The van der Waals surface area contributed by atoms with Crippen molar-refractivity contribution in [3.05, 3.63) is 0 Å². The SMILES string of the molecule is CC[C@H](C)[C@@H](C(=O)O)N(CCC(=O)O)C(=O)C(C)C. The molecule has 110 valence electrons. The molecule has 0 saturated heterocycles. The predicted octanol–water partition coefficient (Wildman–Crippen LogP) is 1.45. The molecule has 0 aliphatic heterocycles. The van der Waals surface area contributed by atoms with E-state index in [1.54, 1.807) is 20.8 Å². The van der Waals surface area contributed by atoms with Gasteiger partial charge < -0.3 is 15.1 Å². The van der Waals surface area contributed by atoms with Crippen LogP contribution in [0.5, 0.6) is 0 Å². The van der Waals surface area contributed by atoms with E-state index in [9.17, 15) is 19.5 Å². The van der Waals surface area contributed by atoms with Crippen LogP contribution < -0.4 is 0 Å². The Morgan fingerprint density at radius 1 is 1.11 bits per heavy atom. The molecule has 2 atom stereocenters. The summed E-state index contributed by atoms with van der Waals surface area (Å²) in [4.78, 5) is 35.3. The highest BCUT2D eigenvalue weighted by Gasteiger charge is 2.34. The van der Waals surface area contributed by atoms with Crippen LogP contribution in [-0.4, -0.2) is 45.5 Å². The monoisotopic (exact) mass is 273 g/mol. The Morgan fingerprint density at radius 2 is 1.63 bits per heavy atom. The van der Waals surface area contributed by atoms with Gasteiger partial charge in [-0.2, -0.15) is 0 Å². The lowest BCUT2D eigenvalue weighted by molar-refractivity contribution is -0.155. The number of hydrogen-bond donors (Lipinski definition) is 2. The first-order chi connectivity index (χ1) is 8.72. The molecule has 0 saturated carbocycles. The van der Waals surface area contributed by atoms with Crippen LogP contribution in [0.25, 0.3) is 0 Å². The molecule has 0 unspecified atom stereocenters. The Kier molecular flexibility index (Phi) is 7.11.